The van der Waals surface area contributed by atoms with Crippen molar-refractivity contribution in [2.45, 2.75) is 19.5 Å². The second-order valence-electron chi connectivity index (χ2n) is 6.64. The Morgan fingerprint density at radius 2 is 1.70 bits per heavy atom. The highest BCUT2D eigenvalue weighted by molar-refractivity contribution is 5.68. The predicted molar refractivity (Wildman–Crippen MR) is 106 cm³/mol. The first-order valence-corrected chi connectivity index (χ1v) is 9.09. The summed E-state index contributed by atoms with van der Waals surface area (Å²) in [6.07, 6.45) is 0. The number of ether oxygens (including phenoxy) is 3. The number of nitrogens with one attached hydrogen (secondary N) is 1. The van der Waals surface area contributed by atoms with Gasteiger partial charge in [0.2, 0.25) is 6.79 Å². The molecule has 4 heteroatoms. The smallest absolute Gasteiger partial charge is 0.231 e. The molecule has 0 spiro atoms. The maximum absolute atomic E-state index is 5.49. The highest BCUT2D eigenvalue weighted by atomic mass is 16.7. The molecule has 0 aliphatic carbocycles. The summed E-state index contributed by atoms with van der Waals surface area (Å²) in [5.74, 6) is 2.50. The Morgan fingerprint density at radius 3 is 2.52 bits per heavy atom. The minimum absolute atomic E-state index is 0.255. The van der Waals surface area contributed by atoms with E-state index in [9.17, 15) is 0 Å². The lowest BCUT2D eigenvalue weighted by molar-refractivity contribution is 0.174. The van der Waals surface area contributed by atoms with Crippen LogP contribution in [0, 0.1) is 0 Å². The number of rotatable bonds is 6. The first kappa shape index (κ1) is 17.4. The third-order valence-corrected chi connectivity index (χ3v) is 4.86. The summed E-state index contributed by atoms with van der Waals surface area (Å²) in [5, 5.41) is 3.59. The number of hydrogen-bond donors (Lipinski definition) is 1. The molecule has 138 valence electrons. The maximum Gasteiger partial charge on any atom is 0.231 e. The number of hydrogen-bond acceptors (Lipinski definition) is 4. The standard InChI is InChI=1S/C23H23NO3/c1-16(18-6-9-21(25-2)10-7-18)24-14-17-4-3-5-19(12-17)20-8-11-22-23(13-20)27-15-26-22/h3-13,16,24H,14-15H2,1-2H3/t16-/m1/s1. The summed E-state index contributed by atoms with van der Waals surface area (Å²) in [6.45, 7) is 3.26. The quantitative estimate of drug-likeness (QED) is 0.675. The van der Waals surface area contributed by atoms with E-state index in [0.29, 0.717) is 6.79 Å². The lowest BCUT2D eigenvalue weighted by Gasteiger charge is -2.15. The third kappa shape index (κ3) is 3.91. The van der Waals surface area contributed by atoms with Gasteiger partial charge in [-0.15, -0.1) is 0 Å². The third-order valence-electron chi connectivity index (χ3n) is 4.86. The van der Waals surface area contributed by atoms with E-state index in [1.54, 1.807) is 7.11 Å². The fourth-order valence-corrected chi connectivity index (χ4v) is 3.22. The van der Waals surface area contributed by atoms with Crippen LogP contribution in [0.3, 0.4) is 0 Å². The van der Waals surface area contributed by atoms with Crippen molar-refractivity contribution in [3.8, 4) is 28.4 Å². The second-order valence-corrected chi connectivity index (χ2v) is 6.64. The molecule has 4 rings (SSSR count). The summed E-state index contributed by atoms with van der Waals surface area (Å²) in [4.78, 5) is 0. The first-order valence-electron chi connectivity index (χ1n) is 9.09. The van der Waals surface area contributed by atoms with Crippen LogP contribution in [0.5, 0.6) is 17.2 Å². The van der Waals surface area contributed by atoms with Crippen molar-refractivity contribution in [1.29, 1.82) is 0 Å². The van der Waals surface area contributed by atoms with Crippen LogP contribution in [-0.4, -0.2) is 13.9 Å². The molecule has 1 atom stereocenters. The van der Waals surface area contributed by atoms with E-state index in [4.69, 9.17) is 14.2 Å². The monoisotopic (exact) mass is 361 g/mol. The van der Waals surface area contributed by atoms with E-state index < -0.39 is 0 Å². The summed E-state index contributed by atoms with van der Waals surface area (Å²) in [7, 11) is 1.68. The molecule has 3 aromatic rings. The van der Waals surface area contributed by atoms with Gasteiger partial charge in [-0.2, -0.15) is 0 Å². The van der Waals surface area contributed by atoms with Crippen LogP contribution in [0.25, 0.3) is 11.1 Å². The van der Waals surface area contributed by atoms with Crippen LogP contribution in [0.2, 0.25) is 0 Å². The molecule has 0 unspecified atom stereocenters. The Bertz CT molecular complexity index is 921. The zero-order valence-electron chi connectivity index (χ0n) is 15.6. The zero-order valence-corrected chi connectivity index (χ0v) is 15.6. The van der Waals surface area contributed by atoms with E-state index >= 15 is 0 Å². The molecule has 0 radical (unpaired) electrons. The first-order chi connectivity index (χ1) is 13.2. The molecule has 3 aromatic carbocycles. The highest BCUT2D eigenvalue weighted by Gasteiger charge is 2.14. The summed E-state index contributed by atoms with van der Waals surface area (Å²) in [5.41, 5.74) is 4.78. The molecule has 1 N–H and O–H groups in total. The van der Waals surface area contributed by atoms with Crippen LogP contribution in [-0.2, 0) is 6.54 Å². The molecule has 1 heterocycles. The van der Waals surface area contributed by atoms with Crippen LogP contribution < -0.4 is 19.5 Å². The minimum Gasteiger partial charge on any atom is -0.497 e. The Balaban J connectivity index is 1.44. The molecule has 0 saturated carbocycles. The van der Waals surface area contributed by atoms with Gasteiger partial charge in [0.1, 0.15) is 5.75 Å². The van der Waals surface area contributed by atoms with Gasteiger partial charge in [-0.3, -0.25) is 0 Å². The lowest BCUT2D eigenvalue weighted by Crippen LogP contribution is -2.18. The summed E-state index contributed by atoms with van der Waals surface area (Å²) < 4.78 is 16.1. The molecule has 0 aromatic heterocycles. The Labute approximate surface area is 159 Å². The van der Waals surface area contributed by atoms with Crippen LogP contribution >= 0.6 is 0 Å². The van der Waals surface area contributed by atoms with Crippen molar-refractivity contribution in [3.05, 3.63) is 77.9 Å². The van der Waals surface area contributed by atoms with Crippen molar-refractivity contribution >= 4 is 0 Å². The van der Waals surface area contributed by atoms with Crippen molar-refractivity contribution in [1.82, 2.24) is 5.32 Å². The van der Waals surface area contributed by atoms with E-state index in [-0.39, 0.29) is 6.04 Å². The Morgan fingerprint density at radius 1 is 0.926 bits per heavy atom. The van der Waals surface area contributed by atoms with Gasteiger partial charge in [-0.25, -0.2) is 0 Å². The summed E-state index contributed by atoms with van der Waals surface area (Å²) >= 11 is 0. The topological polar surface area (TPSA) is 39.7 Å². The number of fused-ring (bicyclic) bond motifs is 1. The predicted octanol–water partition coefficient (Wildman–Crippen LogP) is 4.94. The minimum atomic E-state index is 0.255. The van der Waals surface area contributed by atoms with Gasteiger partial charge in [-0.05, 0) is 59.5 Å². The van der Waals surface area contributed by atoms with Gasteiger partial charge in [0.05, 0.1) is 7.11 Å². The van der Waals surface area contributed by atoms with E-state index in [1.165, 1.54) is 16.7 Å². The van der Waals surface area contributed by atoms with Gasteiger partial charge in [0.25, 0.3) is 0 Å². The number of benzene rings is 3. The average molecular weight is 361 g/mol. The number of methoxy groups -OCH3 is 1. The molecule has 1 aliphatic heterocycles. The Kier molecular flexibility index (Phi) is 4.99. The normalized spacial score (nSPS) is 13.4. The SMILES string of the molecule is COc1ccc([C@@H](C)NCc2cccc(-c3ccc4c(c3)OCO4)c2)cc1. The van der Waals surface area contributed by atoms with Gasteiger partial charge in [0.15, 0.2) is 11.5 Å². The summed E-state index contributed by atoms with van der Waals surface area (Å²) in [6, 6.07) is 23.1. The van der Waals surface area contributed by atoms with Crippen molar-refractivity contribution in [3.63, 3.8) is 0 Å². The molecular weight excluding hydrogens is 338 g/mol. The second kappa shape index (κ2) is 7.72. The molecule has 0 bridgehead atoms. The fraction of sp³-hybridized carbons (Fsp3) is 0.217. The highest BCUT2D eigenvalue weighted by Crippen LogP contribution is 2.36. The van der Waals surface area contributed by atoms with Gasteiger partial charge in [-0.1, -0.05) is 36.4 Å². The zero-order chi connectivity index (χ0) is 18.6. The van der Waals surface area contributed by atoms with E-state index in [2.05, 4.69) is 54.7 Å². The van der Waals surface area contributed by atoms with E-state index in [1.807, 2.05) is 24.3 Å². The average Bonchev–Trinajstić information content (AvgIpc) is 3.20. The largest absolute Gasteiger partial charge is 0.497 e. The van der Waals surface area contributed by atoms with Crippen LogP contribution in [0.15, 0.2) is 66.7 Å². The molecule has 27 heavy (non-hydrogen) atoms. The molecule has 0 fully saturated rings. The molecular formula is C23H23NO3. The van der Waals surface area contributed by atoms with Gasteiger partial charge >= 0.3 is 0 Å². The van der Waals surface area contributed by atoms with Crippen LogP contribution in [0.4, 0.5) is 0 Å². The van der Waals surface area contributed by atoms with Gasteiger partial charge in [0, 0.05) is 12.6 Å². The maximum atomic E-state index is 5.49. The Hall–Kier alpha value is -2.98. The van der Waals surface area contributed by atoms with E-state index in [0.717, 1.165) is 29.4 Å². The van der Waals surface area contributed by atoms with Gasteiger partial charge < -0.3 is 19.5 Å². The van der Waals surface area contributed by atoms with Crippen molar-refractivity contribution in [2.75, 3.05) is 13.9 Å². The lowest BCUT2D eigenvalue weighted by atomic mass is 10.0. The van der Waals surface area contributed by atoms with Crippen LogP contribution in [0.1, 0.15) is 24.1 Å². The van der Waals surface area contributed by atoms with Crippen molar-refractivity contribution in [2.24, 2.45) is 0 Å². The fourth-order valence-electron chi connectivity index (χ4n) is 3.22. The molecule has 4 nitrogen and oxygen atoms in total. The molecule has 0 saturated heterocycles. The van der Waals surface area contributed by atoms with Crippen molar-refractivity contribution < 1.29 is 14.2 Å². The molecule has 0 amide bonds. The molecule has 1 aliphatic rings.